The van der Waals surface area contributed by atoms with Crippen molar-refractivity contribution in [1.82, 2.24) is 0 Å². The molecule has 0 saturated carbocycles. The Kier molecular flexibility index (Phi) is 22.5. The van der Waals surface area contributed by atoms with Gasteiger partial charge in [0.2, 0.25) is 0 Å². The van der Waals surface area contributed by atoms with Crippen molar-refractivity contribution in [2.75, 3.05) is 32.7 Å². The van der Waals surface area contributed by atoms with Gasteiger partial charge in [0.25, 0.3) is 0 Å². The van der Waals surface area contributed by atoms with E-state index in [0.29, 0.717) is 56.9 Å². The molecule has 466 valence electrons. The van der Waals surface area contributed by atoms with Gasteiger partial charge in [-0.3, -0.25) is 74.9 Å². The zero-order valence-electron chi connectivity index (χ0n) is 52.7. The molecule has 16 N–H and O–H groups in total. The van der Waals surface area contributed by atoms with E-state index in [-0.39, 0.29) is 41.1 Å². The molecule has 15 rings (SSSR count). The van der Waals surface area contributed by atoms with Gasteiger partial charge in [0.15, 0.2) is 22.7 Å². The molecule has 85 heavy (non-hydrogen) atoms. The minimum absolute atomic E-state index is 0.0138. The minimum Gasteiger partial charge on any atom is -0.328 e. The zero-order chi connectivity index (χ0) is 61.1. The van der Waals surface area contributed by atoms with Gasteiger partial charge in [0.1, 0.15) is 18.5 Å². The summed E-state index contributed by atoms with van der Waals surface area (Å²) in [4.78, 5) is 65.3. The highest BCUT2D eigenvalue weighted by Crippen LogP contribution is 2.42. The normalized spacial score (nSPS) is 33.7. The topological polar surface area (TPSA) is 394 Å². The number of nitrogens with zero attached hydrogens (tertiary/aromatic N) is 15. The summed E-state index contributed by atoms with van der Waals surface area (Å²) in [5, 5.41) is 0. The van der Waals surface area contributed by atoms with Gasteiger partial charge < -0.3 is 45.9 Å². The third-order valence-corrected chi connectivity index (χ3v) is 17.5. The van der Waals surface area contributed by atoms with Crippen LogP contribution < -0.4 is 45.9 Å². The highest BCUT2D eigenvalue weighted by atomic mass is 15.2. The number of nitrogens with two attached hydrogens (primary N) is 8. The summed E-state index contributed by atoms with van der Waals surface area (Å²) in [7, 11) is 0. The van der Waals surface area contributed by atoms with E-state index in [1.54, 1.807) is 0 Å². The largest absolute Gasteiger partial charge is 0.328 e. The van der Waals surface area contributed by atoms with Crippen LogP contribution >= 0.6 is 0 Å². The van der Waals surface area contributed by atoms with Crippen molar-refractivity contribution in [2.45, 2.75) is 268 Å². The van der Waals surface area contributed by atoms with Crippen molar-refractivity contribution in [3.05, 3.63) is 0 Å². The van der Waals surface area contributed by atoms with Crippen molar-refractivity contribution in [3.8, 4) is 0 Å². The Labute approximate surface area is 505 Å². The summed E-state index contributed by atoms with van der Waals surface area (Å²) in [5.74, 6) is 0. The summed E-state index contributed by atoms with van der Waals surface area (Å²) in [6.07, 6.45) is 24.6. The highest BCUT2D eigenvalue weighted by molar-refractivity contribution is 6.09. The number of hydrogen-bond acceptors (Lipinski definition) is 23. The molecule has 0 saturated heterocycles. The maximum atomic E-state index is 5.50. The molecule has 23 nitrogen and oxygen atoms in total. The molecule has 0 aromatic rings. The average Bonchev–Trinajstić information content (AvgIpc) is 3.32. The van der Waals surface area contributed by atoms with Gasteiger partial charge in [0, 0.05) is 228 Å². The van der Waals surface area contributed by atoms with Gasteiger partial charge >= 0.3 is 0 Å². The van der Waals surface area contributed by atoms with Crippen LogP contribution in [0.15, 0.2) is 74.9 Å². The first kappa shape index (κ1) is 65.7. The van der Waals surface area contributed by atoms with Crippen LogP contribution in [-0.2, 0) is 0 Å². The molecule has 4 spiro atoms. The Bertz CT molecular complexity index is 2490. The molecule has 11 atom stereocenters. The molecule has 15 heterocycles. The van der Waals surface area contributed by atoms with E-state index in [1.165, 1.54) is 62.8 Å². The number of hydrogen-bond donors (Lipinski definition) is 8. The van der Waals surface area contributed by atoms with Crippen LogP contribution in [0.25, 0.3) is 0 Å². The Hall–Kier alpha value is -5.27. The molecule has 0 fully saturated rings. The van der Waals surface area contributed by atoms with E-state index < -0.39 is 0 Å². The maximum Gasteiger partial charge on any atom is 0.160 e. The van der Waals surface area contributed by atoms with Crippen LogP contribution in [0.2, 0.25) is 0 Å². The second-order valence-electron chi connectivity index (χ2n) is 25.1. The molecule has 0 bridgehead atoms. The Morgan fingerprint density at radius 2 is 0.541 bits per heavy atom. The van der Waals surface area contributed by atoms with E-state index in [0.717, 1.165) is 171 Å². The van der Waals surface area contributed by atoms with Gasteiger partial charge in [-0.25, -0.2) is 0 Å². The monoisotopic (exact) mass is 1170 g/mol. The van der Waals surface area contributed by atoms with Crippen molar-refractivity contribution in [3.63, 3.8) is 0 Å². The highest BCUT2D eigenvalue weighted by Gasteiger charge is 2.47. The first-order valence-electron chi connectivity index (χ1n) is 32.0. The van der Waals surface area contributed by atoms with E-state index in [1.807, 2.05) is 0 Å². The van der Waals surface area contributed by atoms with Crippen molar-refractivity contribution in [2.24, 2.45) is 121 Å². The zero-order valence-corrected chi connectivity index (χ0v) is 52.7. The first-order chi connectivity index (χ1) is 40.7. The number of aliphatic imine (C=N–C) groups is 15. The summed E-state index contributed by atoms with van der Waals surface area (Å²) in [6.45, 7) is 20.2. The fraction of sp³-hybridized carbons (Fsp3) is 0.758. The van der Waals surface area contributed by atoms with Gasteiger partial charge in [-0.2, -0.15) is 0 Å². The lowest BCUT2D eigenvalue weighted by Gasteiger charge is -2.42. The van der Waals surface area contributed by atoms with Gasteiger partial charge in [0.05, 0.1) is 24.2 Å². The summed E-state index contributed by atoms with van der Waals surface area (Å²) >= 11 is 0. The fourth-order valence-corrected chi connectivity index (χ4v) is 12.3. The quantitative estimate of drug-likeness (QED) is 0.0938. The average molecular weight is 1170 g/mol. The second kappa shape index (κ2) is 29.2. The molecule has 0 aromatic heterocycles. The van der Waals surface area contributed by atoms with E-state index in [9.17, 15) is 0 Å². The summed E-state index contributed by atoms with van der Waals surface area (Å²) < 4.78 is 0. The third kappa shape index (κ3) is 17.1. The van der Waals surface area contributed by atoms with Crippen LogP contribution in [0.5, 0.6) is 0 Å². The van der Waals surface area contributed by atoms with Crippen molar-refractivity contribution < 1.29 is 0 Å². The molecule has 15 aliphatic rings. The Morgan fingerprint density at radius 1 is 0.318 bits per heavy atom. The van der Waals surface area contributed by atoms with Crippen molar-refractivity contribution in [1.29, 1.82) is 0 Å². The van der Waals surface area contributed by atoms with Gasteiger partial charge in [-0.15, -0.1) is 0 Å². The third-order valence-electron chi connectivity index (χ3n) is 17.5. The smallest absolute Gasteiger partial charge is 0.160 e. The molecule has 0 radical (unpaired) electrons. The maximum absolute atomic E-state index is 5.50. The fourth-order valence-electron chi connectivity index (χ4n) is 12.3. The van der Waals surface area contributed by atoms with E-state index >= 15 is 0 Å². The molecule has 0 aromatic carbocycles. The predicted octanol–water partition coefficient (Wildman–Crippen LogP) is 5.75. The summed E-state index contributed by atoms with van der Waals surface area (Å²) in [5.41, 5.74) is 62.2. The SMILES string of the molecule is CC1CC(CC2=NC(N)C2)=N1.CC1CC(CC2=NC(N)C2)=N1.CCC1=NC(C2=NC(CN)C2)C1.CCC1=NC(N)C1.CCC1=NC2(C1)CC(CN)=N2.CCC1=NC2(C1)CC(CN)=N2.CCC1=NC2(C1)CC(CN)=N2.CCC1=NC2(C1)CC(CN)=N2. The van der Waals surface area contributed by atoms with Gasteiger partial charge in [-0.05, 0) is 52.4 Å². The first-order valence-corrected chi connectivity index (χ1v) is 32.0. The molecular weight excluding hydrogens is 1070 g/mol. The van der Waals surface area contributed by atoms with Crippen LogP contribution in [0.1, 0.15) is 203 Å². The van der Waals surface area contributed by atoms with Crippen LogP contribution in [0.4, 0.5) is 0 Å². The minimum atomic E-state index is -0.0138. The van der Waals surface area contributed by atoms with Gasteiger partial charge in [-0.1, -0.05) is 41.5 Å². The van der Waals surface area contributed by atoms with E-state index in [4.69, 9.17) is 45.9 Å². The lowest BCUT2D eigenvalue weighted by atomic mass is 9.84. The standard InChI is InChI=1S/C9H15N3.6C8H13N3.C5H10N2/c1-2-6-3-8(11-6)9-4-7(5-10)12-9;2*1-5-2-6(10-5)3-7-4-8(9)11-7;4*1-2-6-3-8(10-6)4-7(5-9)11-8;1-2-4-3-5(6)7-4/h7-8H,2-5,10H2,1H3;2*5,8H,2-4,9H2,1H3;4*2-5,9H2,1H3;5H,2-3,6H2,1H3. The lowest BCUT2D eigenvalue weighted by molar-refractivity contribution is 0.394. The van der Waals surface area contributed by atoms with Crippen LogP contribution in [0.3, 0.4) is 0 Å². The van der Waals surface area contributed by atoms with E-state index in [2.05, 4.69) is 130 Å². The molecular formula is C62H103N23. The van der Waals surface area contributed by atoms with Crippen LogP contribution in [0, 0.1) is 0 Å². The Balaban J connectivity index is 0.000000127. The van der Waals surface area contributed by atoms with Crippen LogP contribution in [-0.4, -0.2) is 184 Å². The number of rotatable bonds is 16. The predicted molar refractivity (Wildman–Crippen MR) is 358 cm³/mol. The van der Waals surface area contributed by atoms with Crippen molar-refractivity contribution >= 4 is 85.7 Å². The molecule has 0 aliphatic carbocycles. The lowest BCUT2D eigenvalue weighted by Crippen LogP contribution is -2.48. The Morgan fingerprint density at radius 3 is 0.741 bits per heavy atom. The molecule has 23 heteroatoms. The second-order valence-corrected chi connectivity index (χ2v) is 25.1. The molecule has 11 unspecified atom stereocenters. The molecule has 15 aliphatic heterocycles. The summed E-state index contributed by atoms with van der Waals surface area (Å²) in [6, 6.07) is 1.95. The molecule has 0 amide bonds.